The number of halogens is 1. The molecule has 0 bridgehead atoms. The molecule has 6 nitrogen and oxygen atoms in total. The highest BCUT2D eigenvalue weighted by atomic mass is 19.1. The summed E-state index contributed by atoms with van der Waals surface area (Å²) in [5.41, 5.74) is 2.95. The van der Waals surface area contributed by atoms with Crippen LogP contribution in [0.4, 0.5) is 10.1 Å². The Labute approximate surface area is 167 Å². The van der Waals surface area contributed by atoms with Gasteiger partial charge in [0.25, 0.3) is 5.91 Å². The van der Waals surface area contributed by atoms with Crippen LogP contribution in [0.3, 0.4) is 0 Å². The van der Waals surface area contributed by atoms with Crippen molar-refractivity contribution >= 4 is 11.6 Å². The second-order valence-electron chi connectivity index (χ2n) is 7.48. The number of hydrogen-bond acceptors (Lipinski definition) is 5. The molecule has 1 saturated heterocycles. The maximum atomic E-state index is 13.7. The molecule has 2 aliphatic rings. The van der Waals surface area contributed by atoms with Gasteiger partial charge >= 0.3 is 0 Å². The van der Waals surface area contributed by atoms with Gasteiger partial charge in [0.2, 0.25) is 0 Å². The summed E-state index contributed by atoms with van der Waals surface area (Å²) in [4.78, 5) is 21.3. The minimum absolute atomic E-state index is 0.0190. The van der Waals surface area contributed by atoms with Crippen molar-refractivity contribution in [1.82, 2.24) is 9.88 Å². The number of carbonyl (C=O) groups is 1. The normalized spacial score (nSPS) is 23.2. The van der Waals surface area contributed by atoms with Gasteiger partial charge in [0.05, 0.1) is 12.3 Å². The lowest BCUT2D eigenvalue weighted by atomic mass is 9.72. The van der Waals surface area contributed by atoms with Crippen LogP contribution >= 0.6 is 0 Å². The van der Waals surface area contributed by atoms with Crippen LogP contribution in [0, 0.1) is 5.82 Å². The van der Waals surface area contributed by atoms with E-state index in [-0.39, 0.29) is 30.5 Å². The average molecular weight is 393 g/mol. The fourth-order valence-corrected chi connectivity index (χ4v) is 4.67. The summed E-state index contributed by atoms with van der Waals surface area (Å²) in [6.07, 6.45) is 2.98. The third kappa shape index (κ3) is 2.94. The number of nitrogens with zero attached hydrogens (tertiary/aromatic N) is 3. The molecule has 148 valence electrons. The second kappa shape index (κ2) is 7.09. The number of likely N-dealkylation sites (tertiary alicyclic amines) is 1. The van der Waals surface area contributed by atoms with Gasteiger partial charge < -0.3 is 14.4 Å². The van der Waals surface area contributed by atoms with Crippen LogP contribution in [0.5, 0.6) is 0 Å². The molecule has 0 saturated carbocycles. The molecule has 0 radical (unpaired) electrons. The van der Waals surface area contributed by atoms with Gasteiger partial charge in [-0.2, -0.15) is 0 Å². The first-order valence-corrected chi connectivity index (χ1v) is 9.57. The number of benzene rings is 2. The molecule has 2 aromatic carbocycles. The lowest BCUT2D eigenvalue weighted by Gasteiger charge is -2.59. The minimum atomic E-state index is -0.435. The third-order valence-corrected chi connectivity index (χ3v) is 5.97. The fourth-order valence-electron chi connectivity index (χ4n) is 4.67. The largest absolute Gasteiger partial charge is 0.451 e. The molecule has 29 heavy (non-hydrogen) atoms. The van der Waals surface area contributed by atoms with Crippen LogP contribution in [-0.4, -0.2) is 46.1 Å². The Morgan fingerprint density at radius 1 is 1.24 bits per heavy atom. The van der Waals surface area contributed by atoms with Crippen molar-refractivity contribution in [2.24, 2.45) is 0 Å². The maximum Gasteiger partial charge on any atom is 0.258 e. The summed E-state index contributed by atoms with van der Waals surface area (Å²) in [6, 6.07) is 13.5. The van der Waals surface area contributed by atoms with E-state index >= 15 is 0 Å². The molecule has 0 spiro atoms. The zero-order valence-corrected chi connectivity index (χ0v) is 15.6. The first-order chi connectivity index (χ1) is 14.2. The van der Waals surface area contributed by atoms with E-state index in [0.29, 0.717) is 18.7 Å². The third-order valence-electron chi connectivity index (χ3n) is 5.97. The minimum Gasteiger partial charge on any atom is -0.451 e. The highest BCUT2D eigenvalue weighted by molar-refractivity contribution is 6.07. The Morgan fingerprint density at radius 3 is 2.86 bits per heavy atom. The number of amides is 1. The van der Waals surface area contributed by atoms with Crippen LogP contribution in [-0.2, 0) is 6.54 Å². The quantitative estimate of drug-likeness (QED) is 0.738. The number of carbonyl (C=O) groups excluding carboxylic acids is 1. The van der Waals surface area contributed by atoms with Gasteiger partial charge in [-0.1, -0.05) is 24.3 Å². The van der Waals surface area contributed by atoms with Crippen LogP contribution in [0.15, 0.2) is 65.6 Å². The summed E-state index contributed by atoms with van der Waals surface area (Å²) in [5, 5.41) is 10.0. The number of rotatable bonds is 4. The summed E-state index contributed by atoms with van der Waals surface area (Å²) in [5.74, 6) is -0.542. The highest BCUT2D eigenvalue weighted by Crippen LogP contribution is 2.48. The summed E-state index contributed by atoms with van der Waals surface area (Å²) < 4.78 is 18.8. The fraction of sp³-hybridized carbons (Fsp3) is 0.273. The molecule has 1 amide bonds. The van der Waals surface area contributed by atoms with Gasteiger partial charge in [-0.05, 0) is 29.8 Å². The topological polar surface area (TPSA) is 69.8 Å². The van der Waals surface area contributed by atoms with Gasteiger partial charge in [-0.3, -0.25) is 9.69 Å². The van der Waals surface area contributed by atoms with Gasteiger partial charge in [-0.25, -0.2) is 9.37 Å². The molecule has 1 aromatic heterocycles. The van der Waals surface area contributed by atoms with Crippen molar-refractivity contribution in [2.75, 3.05) is 18.1 Å². The predicted octanol–water partition coefficient (Wildman–Crippen LogP) is 2.80. The first kappa shape index (κ1) is 18.0. The molecule has 1 fully saturated rings. The number of fused-ring (bicyclic) bond motifs is 3. The Bertz CT molecular complexity index is 1040. The maximum absolute atomic E-state index is 13.7. The molecule has 0 aliphatic carbocycles. The monoisotopic (exact) mass is 393 g/mol. The lowest BCUT2D eigenvalue weighted by Crippen LogP contribution is -2.68. The Kier molecular flexibility index (Phi) is 4.41. The molecule has 1 N–H and O–H groups in total. The molecule has 2 aliphatic heterocycles. The van der Waals surface area contributed by atoms with Gasteiger partial charge in [0.1, 0.15) is 12.1 Å². The molecule has 3 heterocycles. The molecule has 3 aromatic rings. The Balaban J connectivity index is 1.51. The van der Waals surface area contributed by atoms with Crippen LogP contribution in [0.1, 0.15) is 27.5 Å². The van der Waals surface area contributed by atoms with E-state index < -0.39 is 5.82 Å². The van der Waals surface area contributed by atoms with Crippen molar-refractivity contribution in [3.63, 3.8) is 0 Å². The Morgan fingerprint density at radius 2 is 2.10 bits per heavy atom. The van der Waals surface area contributed by atoms with E-state index in [0.717, 1.165) is 16.9 Å². The van der Waals surface area contributed by atoms with Gasteiger partial charge in [0, 0.05) is 42.3 Å². The number of anilines is 1. The summed E-state index contributed by atoms with van der Waals surface area (Å²) >= 11 is 0. The standard InChI is InChI=1S/C22H20FN3O3/c23-15-5-3-4-14(8-15)22(28)26-10-19-21(17-6-1-2-7-18(17)26)20(11-27)25(19)9-16-12-29-13-24-16/h1-8,12-13,19-21,27H,9-11H2/t19-,20+,21+/m1/s1. The van der Waals surface area contributed by atoms with Gasteiger partial charge in [-0.15, -0.1) is 0 Å². The predicted molar refractivity (Wildman–Crippen MR) is 104 cm³/mol. The highest BCUT2D eigenvalue weighted by Gasteiger charge is 2.53. The SMILES string of the molecule is O=C(c1cccc(F)c1)N1C[C@@H]2[C@H](c3ccccc31)[C@H](CO)N2Cc1cocn1. The number of aliphatic hydroxyl groups is 1. The van der Waals surface area contributed by atoms with Crippen molar-refractivity contribution in [3.8, 4) is 0 Å². The molecule has 5 rings (SSSR count). The average Bonchev–Trinajstić information content (AvgIpc) is 3.25. The number of aliphatic hydroxyl groups excluding tert-OH is 1. The number of aromatic nitrogens is 1. The summed E-state index contributed by atoms with van der Waals surface area (Å²) in [6.45, 7) is 1.02. The number of hydrogen-bond donors (Lipinski definition) is 1. The van der Waals surface area contributed by atoms with Crippen LogP contribution < -0.4 is 4.90 Å². The lowest BCUT2D eigenvalue weighted by molar-refractivity contribution is -0.0496. The van der Waals surface area contributed by atoms with E-state index in [2.05, 4.69) is 9.88 Å². The van der Waals surface area contributed by atoms with Crippen LogP contribution in [0.25, 0.3) is 0 Å². The molecular formula is C22H20FN3O3. The van der Waals surface area contributed by atoms with E-state index in [9.17, 15) is 14.3 Å². The summed E-state index contributed by atoms with van der Waals surface area (Å²) in [7, 11) is 0. The van der Waals surface area contributed by atoms with Crippen molar-refractivity contribution < 1.29 is 18.7 Å². The smallest absolute Gasteiger partial charge is 0.258 e. The van der Waals surface area contributed by atoms with E-state index in [1.165, 1.54) is 18.5 Å². The zero-order valence-electron chi connectivity index (χ0n) is 15.6. The molecular weight excluding hydrogens is 373 g/mol. The van der Waals surface area contributed by atoms with E-state index in [1.54, 1.807) is 23.3 Å². The molecule has 3 atom stereocenters. The van der Waals surface area contributed by atoms with Crippen molar-refractivity contribution in [3.05, 3.63) is 83.8 Å². The Hall–Kier alpha value is -3.03. The molecule has 0 unspecified atom stereocenters. The molecule has 7 heteroatoms. The van der Waals surface area contributed by atoms with Crippen molar-refractivity contribution in [2.45, 2.75) is 24.5 Å². The zero-order chi connectivity index (χ0) is 20.0. The number of oxazole rings is 1. The second-order valence-corrected chi connectivity index (χ2v) is 7.48. The van der Waals surface area contributed by atoms with Crippen molar-refractivity contribution in [1.29, 1.82) is 0 Å². The van der Waals surface area contributed by atoms with E-state index in [4.69, 9.17) is 4.42 Å². The van der Waals surface area contributed by atoms with Gasteiger partial charge in [0.15, 0.2) is 6.39 Å². The van der Waals surface area contributed by atoms with E-state index in [1.807, 2.05) is 24.3 Å². The number of para-hydroxylation sites is 1. The first-order valence-electron chi connectivity index (χ1n) is 9.57. The van der Waals surface area contributed by atoms with Crippen LogP contribution in [0.2, 0.25) is 0 Å².